The number of halogens is 1. The quantitative estimate of drug-likeness (QED) is 0.715. The van der Waals surface area contributed by atoms with E-state index >= 15 is 0 Å². The standard InChI is InChI=1S/C9H8FN3O/c10-6-1-2-8-7(3-6)9(14)13(4-11)5-12-8/h1-3,5H,4,11H2. The first-order valence-electron chi connectivity index (χ1n) is 4.07. The number of hydrogen-bond acceptors (Lipinski definition) is 3. The lowest BCUT2D eigenvalue weighted by Crippen LogP contribution is -2.24. The van der Waals surface area contributed by atoms with Gasteiger partial charge in [0.1, 0.15) is 5.82 Å². The molecule has 1 aromatic carbocycles. The summed E-state index contributed by atoms with van der Waals surface area (Å²) in [6, 6.07) is 3.89. The Morgan fingerprint density at radius 3 is 3.00 bits per heavy atom. The summed E-state index contributed by atoms with van der Waals surface area (Å²) in [5, 5.41) is 0.248. The summed E-state index contributed by atoms with van der Waals surface area (Å²) in [7, 11) is 0. The Morgan fingerprint density at radius 2 is 2.29 bits per heavy atom. The van der Waals surface area contributed by atoms with E-state index in [9.17, 15) is 9.18 Å². The van der Waals surface area contributed by atoms with Gasteiger partial charge in [-0.3, -0.25) is 9.36 Å². The maximum atomic E-state index is 12.8. The Morgan fingerprint density at radius 1 is 1.50 bits per heavy atom. The Kier molecular flexibility index (Phi) is 2.01. The van der Waals surface area contributed by atoms with Crippen LogP contribution < -0.4 is 11.3 Å². The van der Waals surface area contributed by atoms with E-state index in [1.54, 1.807) is 0 Å². The summed E-state index contributed by atoms with van der Waals surface area (Å²) in [5.74, 6) is -0.453. The first-order valence-corrected chi connectivity index (χ1v) is 4.07. The van der Waals surface area contributed by atoms with Crippen molar-refractivity contribution in [3.63, 3.8) is 0 Å². The van der Waals surface area contributed by atoms with Crippen LogP contribution in [-0.4, -0.2) is 9.55 Å². The van der Waals surface area contributed by atoms with Crippen molar-refractivity contribution in [2.24, 2.45) is 5.73 Å². The van der Waals surface area contributed by atoms with E-state index in [1.807, 2.05) is 0 Å². The third-order valence-corrected chi connectivity index (χ3v) is 1.98. The molecule has 0 radical (unpaired) electrons. The number of rotatable bonds is 1. The second-order valence-electron chi connectivity index (χ2n) is 2.86. The fourth-order valence-corrected chi connectivity index (χ4v) is 1.26. The zero-order chi connectivity index (χ0) is 10.1. The minimum absolute atomic E-state index is 0.0400. The van der Waals surface area contributed by atoms with Crippen molar-refractivity contribution in [1.29, 1.82) is 0 Å². The lowest BCUT2D eigenvalue weighted by Gasteiger charge is -2.02. The van der Waals surface area contributed by atoms with Crippen LogP contribution in [0.4, 0.5) is 4.39 Å². The fourth-order valence-electron chi connectivity index (χ4n) is 1.26. The van der Waals surface area contributed by atoms with E-state index in [4.69, 9.17) is 5.73 Å². The molecule has 1 aromatic heterocycles. The molecule has 0 fully saturated rings. The molecule has 72 valence electrons. The highest BCUT2D eigenvalue weighted by Crippen LogP contribution is 2.07. The Labute approximate surface area is 78.8 Å². The van der Waals surface area contributed by atoms with Crippen LogP contribution in [0.5, 0.6) is 0 Å². The van der Waals surface area contributed by atoms with Gasteiger partial charge >= 0.3 is 0 Å². The van der Waals surface area contributed by atoms with E-state index in [0.717, 1.165) is 6.07 Å². The third kappa shape index (κ3) is 1.27. The maximum absolute atomic E-state index is 12.8. The number of nitrogens with two attached hydrogens (primary N) is 1. The minimum Gasteiger partial charge on any atom is -0.313 e. The smallest absolute Gasteiger partial charge is 0.262 e. The van der Waals surface area contributed by atoms with Crippen LogP contribution in [0.1, 0.15) is 0 Å². The van der Waals surface area contributed by atoms with E-state index in [-0.39, 0.29) is 17.6 Å². The summed E-state index contributed by atoms with van der Waals surface area (Å²) in [6.07, 6.45) is 1.35. The molecule has 0 unspecified atom stereocenters. The minimum atomic E-state index is -0.453. The van der Waals surface area contributed by atoms with Gasteiger partial charge in [-0.1, -0.05) is 0 Å². The molecular formula is C9H8FN3O. The molecule has 1 heterocycles. The molecule has 0 aliphatic carbocycles. The summed E-state index contributed by atoms with van der Waals surface area (Å²) >= 11 is 0. The number of benzene rings is 1. The SMILES string of the molecule is NCn1cnc2ccc(F)cc2c1=O. The van der Waals surface area contributed by atoms with Gasteiger partial charge in [0.15, 0.2) is 0 Å². The average molecular weight is 193 g/mol. The van der Waals surface area contributed by atoms with E-state index in [0.29, 0.717) is 5.52 Å². The molecule has 14 heavy (non-hydrogen) atoms. The number of aromatic nitrogens is 2. The number of fused-ring (bicyclic) bond motifs is 1. The van der Waals surface area contributed by atoms with Crippen molar-refractivity contribution in [3.8, 4) is 0 Å². The van der Waals surface area contributed by atoms with Crippen LogP contribution in [-0.2, 0) is 6.67 Å². The zero-order valence-electron chi connectivity index (χ0n) is 7.27. The van der Waals surface area contributed by atoms with Gasteiger partial charge in [0, 0.05) is 0 Å². The van der Waals surface area contributed by atoms with Gasteiger partial charge in [-0.05, 0) is 18.2 Å². The monoisotopic (exact) mass is 193 g/mol. The molecule has 0 atom stereocenters. The fraction of sp³-hybridized carbons (Fsp3) is 0.111. The largest absolute Gasteiger partial charge is 0.313 e. The highest BCUT2D eigenvalue weighted by Gasteiger charge is 2.03. The highest BCUT2D eigenvalue weighted by atomic mass is 19.1. The first kappa shape index (κ1) is 8.83. The topological polar surface area (TPSA) is 60.9 Å². The first-order chi connectivity index (χ1) is 6.72. The van der Waals surface area contributed by atoms with Crippen LogP contribution in [0.15, 0.2) is 29.3 Å². The number of nitrogens with zero attached hydrogens (tertiary/aromatic N) is 2. The molecule has 0 spiro atoms. The van der Waals surface area contributed by atoms with Crippen molar-refractivity contribution < 1.29 is 4.39 Å². The van der Waals surface area contributed by atoms with Gasteiger partial charge in [0.25, 0.3) is 5.56 Å². The highest BCUT2D eigenvalue weighted by molar-refractivity contribution is 5.77. The Bertz CT molecular complexity index is 535. The molecule has 0 saturated heterocycles. The number of hydrogen-bond donors (Lipinski definition) is 1. The summed E-state index contributed by atoms with van der Waals surface area (Å²) < 4.78 is 14.1. The Hall–Kier alpha value is -1.75. The second kappa shape index (κ2) is 3.19. The van der Waals surface area contributed by atoms with Crippen molar-refractivity contribution in [3.05, 3.63) is 40.7 Å². The zero-order valence-corrected chi connectivity index (χ0v) is 7.27. The predicted molar refractivity (Wildman–Crippen MR) is 50.1 cm³/mol. The molecular weight excluding hydrogens is 185 g/mol. The molecule has 0 aliphatic rings. The van der Waals surface area contributed by atoms with Gasteiger partial charge in [-0.2, -0.15) is 0 Å². The molecule has 5 heteroatoms. The molecule has 0 aliphatic heterocycles. The molecule has 0 amide bonds. The van der Waals surface area contributed by atoms with E-state index < -0.39 is 5.82 Å². The Balaban J connectivity index is 2.87. The second-order valence-corrected chi connectivity index (χ2v) is 2.86. The normalized spacial score (nSPS) is 10.7. The summed E-state index contributed by atoms with van der Waals surface area (Å²) in [4.78, 5) is 15.6. The van der Waals surface area contributed by atoms with Gasteiger partial charge < -0.3 is 5.73 Å². The molecule has 4 nitrogen and oxygen atoms in total. The summed E-state index contributed by atoms with van der Waals surface area (Å²) in [5.41, 5.74) is 5.46. The van der Waals surface area contributed by atoms with Crippen LogP contribution in [0.3, 0.4) is 0 Å². The van der Waals surface area contributed by atoms with Crippen molar-refractivity contribution in [2.45, 2.75) is 6.67 Å². The molecule has 2 N–H and O–H groups in total. The molecule has 0 bridgehead atoms. The maximum Gasteiger partial charge on any atom is 0.262 e. The van der Waals surface area contributed by atoms with Crippen molar-refractivity contribution in [1.82, 2.24) is 9.55 Å². The molecule has 2 aromatic rings. The molecule has 0 saturated carbocycles. The average Bonchev–Trinajstić information content (AvgIpc) is 2.20. The van der Waals surface area contributed by atoms with Gasteiger partial charge in [0.05, 0.1) is 23.9 Å². The van der Waals surface area contributed by atoms with Crippen LogP contribution in [0, 0.1) is 5.82 Å². The van der Waals surface area contributed by atoms with Crippen molar-refractivity contribution in [2.75, 3.05) is 0 Å². The molecule has 2 rings (SSSR count). The lowest BCUT2D eigenvalue weighted by molar-refractivity contribution is 0.628. The van der Waals surface area contributed by atoms with Crippen LogP contribution >= 0.6 is 0 Å². The van der Waals surface area contributed by atoms with Gasteiger partial charge in [0.2, 0.25) is 0 Å². The van der Waals surface area contributed by atoms with Crippen molar-refractivity contribution >= 4 is 10.9 Å². The van der Waals surface area contributed by atoms with Crippen LogP contribution in [0.2, 0.25) is 0 Å². The third-order valence-electron chi connectivity index (χ3n) is 1.98. The predicted octanol–water partition coefficient (Wildman–Crippen LogP) is 0.452. The van der Waals surface area contributed by atoms with E-state index in [2.05, 4.69) is 4.98 Å². The lowest BCUT2D eigenvalue weighted by atomic mass is 10.2. The van der Waals surface area contributed by atoms with E-state index in [1.165, 1.54) is 23.0 Å². The van der Waals surface area contributed by atoms with Gasteiger partial charge in [-0.25, -0.2) is 9.37 Å². The van der Waals surface area contributed by atoms with Crippen LogP contribution in [0.25, 0.3) is 10.9 Å². The van der Waals surface area contributed by atoms with Gasteiger partial charge in [-0.15, -0.1) is 0 Å². The summed E-state index contributed by atoms with van der Waals surface area (Å²) in [6.45, 7) is 0.0400.